The van der Waals surface area contributed by atoms with E-state index in [0.29, 0.717) is 6.42 Å². The van der Waals surface area contributed by atoms with E-state index in [4.69, 9.17) is 0 Å². The first kappa shape index (κ1) is 10.8. The van der Waals surface area contributed by atoms with Gasteiger partial charge in [-0.05, 0) is 24.1 Å². The van der Waals surface area contributed by atoms with E-state index in [1.54, 1.807) is 6.92 Å². The van der Waals surface area contributed by atoms with Crippen molar-refractivity contribution in [3.63, 3.8) is 0 Å². The number of Topliss-reactive ketones (excluding diaryl/α,β-unsaturated/α-hetero) is 1. The predicted octanol–water partition coefficient (Wildman–Crippen LogP) is 3.00. The molecule has 0 heterocycles. The molecular formula is C10H11BrOS. The quantitative estimate of drug-likeness (QED) is 0.652. The van der Waals surface area contributed by atoms with Crippen LogP contribution in [-0.2, 0) is 16.5 Å². The average Bonchev–Trinajstić information content (AvgIpc) is 2.08. The van der Waals surface area contributed by atoms with Crippen LogP contribution >= 0.6 is 28.6 Å². The summed E-state index contributed by atoms with van der Waals surface area (Å²) in [7, 11) is 0. The second kappa shape index (κ2) is 4.82. The fraction of sp³-hybridized carbons (Fsp3) is 0.300. The molecule has 0 spiro atoms. The zero-order valence-corrected chi connectivity index (χ0v) is 9.86. The van der Waals surface area contributed by atoms with E-state index in [2.05, 4.69) is 28.6 Å². The van der Waals surface area contributed by atoms with Crippen LogP contribution < -0.4 is 0 Å². The molecular weight excluding hydrogens is 248 g/mol. The van der Waals surface area contributed by atoms with Crippen LogP contribution in [0.5, 0.6) is 0 Å². The third-order valence-corrected chi connectivity index (χ3v) is 2.82. The summed E-state index contributed by atoms with van der Waals surface area (Å²) in [5.74, 6) is 0.169. The van der Waals surface area contributed by atoms with Crippen molar-refractivity contribution < 1.29 is 4.79 Å². The second-order valence-electron chi connectivity index (χ2n) is 2.98. The van der Waals surface area contributed by atoms with Gasteiger partial charge in [-0.3, -0.25) is 4.79 Å². The lowest BCUT2D eigenvalue weighted by Crippen LogP contribution is -1.98. The van der Waals surface area contributed by atoms with Gasteiger partial charge >= 0.3 is 0 Å². The summed E-state index contributed by atoms with van der Waals surface area (Å²) >= 11 is 7.66. The largest absolute Gasteiger partial charge is 0.300 e. The van der Waals surface area contributed by atoms with Gasteiger partial charge in [0.25, 0.3) is 0 Å². The molecule has 0 saturated heterocycles. The van der Waals surface area contributed by atoms with Gasteiger partial charge in [-0.1, -0.05) is 28.1 Å². The van der Waals surface area contributed by atoms with Crippen LogP contribution in [0.4, 0.5) is 0 Å². The standard InChI is InChI=1S/C10H11BrOS/c1-7(12)4-9-5-8(6-11)2-3-10(9)13/h2-3,5,13H,4,6H2,1H3. The van der Waals surface area contributed by atoms with E-state index in [-0.39, 0.29) is 5.78 Å². The van der Waals surface area contributed by atoms with Gasteiger partial charge in [-0.25, -0.2) is 0 Å². The Balaban J connectivity index is 2.96. The van der Waals surface area contributed by atoms with Gasteiger partial charge in [0.2, 0.25) is 0 Å². The number of hydrogen-bond donors (Lipinski definition) is 1. The van der Waals surface area contributed by atoms with Gasteiger partial charge in [0.15, 0.2) is 0 Å². The Morgan fingerprint density at radius 1 is 1.54 bits per heavy atom. The molecule has 1 aromatic rings. The molecule has 1 rings (SSSR count). The molecule has 0 saturated carbocycles. The molecule has 3 heteroatoms. The average molecular weight is 259 g/mol. The molecule has 0 atom stereocenters. The minimum absolute atomic E-state index is 0.169. The van der Waals surface area contributed by atoms with E-state index in [1.165, 1.54) is 5.56 Å². The number of hydrogen-bond acceptors (Lipinski definition) is 2. The van der Waals surface area contributed by atoms with Crippen LogP contribution in [0.2, 0.25) is 0 Å². The minimum Gasteiger partial charge on any atom is -0.300 e. The van der Waals surface area contributed by atoms with Gasteiger partial charge in [-0.15, -0.1) is 12.6 Å². The van der Waals surface area contributed by atoms with Gasteiger partial charge in [-0.2, -0.15) is 0 Å². The third kappa shape index (κ3) is 3.16. The topological polar surface area (TPSA) is 17.1 Å². The van der Waals surface area contributed by atoms with Gasteiger partial charge < -0.3 is 0 Å². The highest BCUT2D eigenvalue weighted by molar-refractivity contribution is 9.08. The first-order valence-corrected chi connectivity index (χ1v) is 5.56. The van der Waals surface area contributed by atoms with Crippen LogP contribution in [0.25, 0.3) is 0 Å². The molecule has 0 N–H and O–H groups in total. The molecule has 70 valence electrons. The highest BCUT2D eigenvalue weighted by Crippen LogP contribution is 2.18. The summed E-state index contributed by atoms with van der Waals surface area (Å²) < 4.78 is 0. The molecule has 0 bridgehead atoms. The van der Waals surface area contributed by atoms with Crippen molar-refractivity contribution in [1.29, 1.82) is 0 Å². The molecule has 0 aliphatic carbocycles. The lowest BCUT2D eigenvalue weighted by molar-refractivity contribution is -0.116. The Morgan fingerprint density at radius 2 is 2.23 bits per heavy atom. The highest BCUT2D eigenvalue weighted by atomic mass is 79.9. The maximum Gasteiger partial charge on any atom is 0.134 e. The molecule has 0 aliphatic rings. The van der Waals surface area contributed by atoms with Crippen molar-refractivity contribution in [1.82, 2.24) is 0 Å². The third-order valence-electron chi connectivity index (χ3n) is 1.74. The number of rotatable bonds is 3. The van der Waals surface area contributed by atoms with Crippen LogP contribution in [-0.4, -0.2) is 5.78 Å². The Kier molecular flexibility index (Phi) is 4.00. The first-order chi connectivity index (χ1) is 6.13. The number of thiol groups is 1. The van der Waals surface area contributed by atoms with E-state index >= 15 is 0 Å². The Morgan fingerprint density at radius 3 is 2.77 bits per heavy atom. The van der Waals surface area contributed by atoms with Crippen molar-refractivity contribution in [3.8, 4) is 0 Å². The number of alkyl halides is 1. The monoisotopic (exact) mass is 258 g/mol. The lowest BCUT2D eigenvalue weighted by atomic mass is 10.1. The van der Waals surface area contributed by atoms with Crippen LogP contribution in [0.15, 0.2) is 23.1 Å². The minimum atomic E-state index is 0.169. The Bertz CT molecular complexity index is 323. The highest BCUT2D eigenvalue weighted by Gasteiger charge is 2.03. The van der Waals surface area contributed by atoms with Crippen molar-refractivity contribution in [2.24, 2.45) is 0 Å². The lowest BCUT2D eigenvalue weighted by Gasteiger charge is -2.04. The van der Waals surface area contributed by atoms with Crippen LogP contribution in [0.1, 0.15) is 18.1 Å². The van der Waals surface area contributed by atoms with Gasteiger partial charge in [0.1, 0.15) is 5.78 Å². The summed E-state index contributed by atoms with van der Waals surface area (Å²) in [6.07, 6.45) is 0.472. The van der Waals surface area contributed by atoms with Crippen LogP contribution in [0.3, 0.4) is 0 Å². The van der Waals surface area contributed by atoms with E-state index in [0.717, 1.165) is 15.8 Å². The summed E-state index contributed by atoms with van der Waals surface area (Å²) in [6.45, 7) is 1.59. The second-order valence-corrected chi connectivity index (χ2v) is 4.02. The normalized spacial score (nSPS) is 10.1. The number of ketones is 1. The van der Waals surface area contributed by atoms with Gasteiger partial charge in [0, 0.05) is 16.6 Å². The Hall–Kier alpha value is -0.280. The summed E-state index contributed by atoms with van der Waals surface area (Å²) in [6, 6.07) is 5.94. The first-order valence-electron chi connectivity index (χ1n) is 3.99. The van der Waals surface area contributed by atoms with Crippen molar-refractivity contribution >= 4 is 34.3 Å². The fourth-order valence-electron chi connectivity index (χ4n) is 1.13. The molecule has 0 amide bonds. The van der Waals surface area contributed by atoms with Crippen molar-refractivity contribution in [2.75, 3.05) is 0 Å². The van der Waals surface area contributed by atoms with Gasteiger partial charge in [0.05, 0.1) is 0 Å². The summed E-state index contributed by atoms with van der Waals surface area (Å²) in [5.41, 5.74) is 2.18. The smallest absolute Gasteiger partial charge is 0.134 e. The molecule has 0 fully saturated rings. The fourth-order valence-corrected chi connectivity index (χ4v) is 1.70. The summed E-state index contributed by atoms with van der Waals surface area (Å²) in [5, 5.41) is 0.811. The molecule has 1 aromatic carbocycles. The number of carbonyl (C=O) groups is 1. The summed E-state index contributed by atoms with van der Waals surface area (Å²) in [4.78, 5) is 11.8. The van der Waals surface area contributed by atoms with Crippen LogP contribution in [0, 0.1) is 0 Å². The van der Waals surface area contributed by atoms with E-state index in [1.807, 2.05) is 18.2 Å². The number of halogens is 1. The number of benzene rings is 1. The zero-order chi connectivity index (χ0) is 9.84. The zero-order valence-electron chi connectivity index (χ0n) is 7.38. The SMILES string of the molecule is CC(=O)Cc1cc(CBr)ccc1S. The molecule has 1 nitrogen and oxygen atoms in total. The maximum atomic E-state index is 10.9. The van der Waals surface area contributed by atoms with Crippen molar-refractivity contribution in [3.05, 3.63) is 29.3 Å². The molecule has 0 unspecified atom stereocenters. The van der Waals surface area contributed by atoms with E-state index in [9.17, 15) is 4.79 Å². The molecule has 0 radical (unpaired) electrons. The van der Waals surface area contributed by atoms with Crippen molar-refractivity contribution in [2.45, 2.75) is 23.6 Å². The molecule has 0 aliphatic heterocycles. The molecule has 0 aromatic heterocycles. The molecule has 13 heavy (non-hydrogen) atoms. The number of carbonyl (C=O) groups excluding carboxylic acids is 1. The predicted molar refractivity (Wildman–Crippen MR) is 60.7 cm³/mol. The Labute approximate surface area is 92.1 Å². The maximum absolute atomic E-state index is 10.9. The van der Waals surface area contributed by atoms with E-state index < -0.39 is 0 Å².